The van der Waals surface area contributed by atoms with Gasteiger partial charge in [0.2, 0.25) is 0 Å². The van der Waals surface area contributed by atoms with Crippen LogP contribution in [0, 0.1) is 0 Å². The van der Waals surface area contributed by atoms with E-state index in [2.05, 4.69) is 29.1 Å². The number of aromatic nitrogens is 2. The Morgan fingerprint density at radius 1 is 1.16 bits per heavy atom. The van der Waals surface area contributed by atoms with Crippen LogP contribution in [-0.4, -0.2) is 23.6 Å². The minimum absolute atomic E-state index is 0.731. The molecule has 1 N–H and O–H groups in total. The van der Waals surface area contributed by atoms with E-state index in [-0.39, 0.29) is 0 Å². The van der Waals surface area contributed by atoms with Crippen molar-refractivity contribution in [2.45, 2.75) is 20.3 Å². The molecule has 0 bridgehead atoms. The van der Waals surface area contributed by atoms with Gasteiger partial charge in [-0.2, -0.15) is 0 Å². The molecule has 0 aliphatic heterocycles. The molecule has 0 aliphatic carbocycles. The monoisotopic (exact) mass is 257 g/mol. The molecule has 0 amide bonds. The number of ether oxygens (including phenoxy) is 1. The fourth-order valence-electron chi connectivity index (χ4n) is 1.84. The molecule has 1 aromatic carbocycles. The molecular formula is C15H19N3O. The minimum Gasteiger partial charge on any atom is -0.497 e. The minimum atomic E-state index is 0.731. The van der Waals surface area contributed by atoms with E-state index in [1.54, 1.807) is 7.11 Å². The van der Waals surface area contributed by atoms with Gasteiger partial charge < -0.3 is 10.1 Å². The molecule has 0 spiro atoms. The Labute approximate surface area is 113 Å². The van der Waals surface area contributed by atoms with Crippen LogP contribution in [0.15, 0.2) is 30.3 Å². The van der Waals surface area contributed by atoms with Gasteiger partial charge in [-0.25, -0.2) is 9.97 Å². The molecular weight excluding hydrogens is 238 g/mol. The molecule has 19 heavy (non-hydrogen) atoms. The van der Waals surface area contributed by atoms with Crippen molar-refractivity contribution >= 4 is 5.82 Å². The van der Waals surface area contributed by atoms with E-state index in [0.29, 0.717) is 0 Å². The molecule has 0 fully saturated rings. The van der Waals surface area contributed by atoms with Crippen molar-refractivity contribution in [2.24, 2.45) is 0 Å². The Morgan fingerprint density at radius 3 is 2.68 bits per heavy atom. The van der Waals surface area contributed by atoms with Gasteiger partial charge >= 0.3 is 0 Å². The number of aryl methyl sites for hydroxylation is 1. The average Bonchev–Trinajstić information content (AvgIpc) is 2.47. The van der Waals surface area contributed by atoms with Crippen molar-refractivity contribution in [3.8, 4) is 17.1 Å². The summed E-state index contributed by atoms with van der Waals surface area (Å²) in [6, 6.07) is 9.80. The summed E-state index contributed by atoms with van der Waals surface area (Å²) in [5.41, 5.74) is 2.00. The Kier molecular flexibility index (Phi) is 4.34. The number of methoxy groups -OCH3 is 1. The Balaban J connectivity index is 2.44. The van der Waals surface area contributed by atoms with E-state index in [1.807, 2.05) is 30.3 Å². The molecule has 1 aromatic heterocycles. The van der Waals surface area contributed by atoms with Crippen LogP contribution in [-0.2, 0) is 6.42 Å². The van der Waals surface area contributed by atoms with E-state index in [1.165, 1.54) is 0 Å². The second kappa shape index (κ2) is 6.18. The summed E-state index contributed by atoms with van der Waals surface area (Å²) >= 11 is 0. The zero-order chi connectivity index (χ0) is 13.7. The van der Waals surface area contributed by atoms with Crippen molar-refractivity contribution in [2.75, 3.05) is 19.0 Å². The molecule has 100 valence electrons. The molecule has 2 rings (SSSR count). The first-order chi connectivity index (χ1) is 9.26. The Hall–Kier alpha value is -2.10. The van der Waals surface area contributed by atoms with Crippen molar-refractivity contribution in [1.29, 1.82) is 0 Å². The van der Waals surface area contributed by atoms with Crippen molar-refractivity contribution in [3.05, 3.63) is 36.0 Å². The number of hydrogen-bond donors (Lipinski definition) is 1. The van der Waals surface area contributed by atoms with Crippen LogP contribution in [0.1, 0.15) is 19.5 Å². The maximum Gasteiger partial charge on any atom is 0.161 e. The normalized spacial score (nSPS) is 10.3. The van der Waals surface area contributed by atoms with E-state index in [0.717, 1.165) is 41.6 Å². The van der Waals surface area contributed by atoms with Gasteiger partial charge in [0.25, 0.3) is 0 Å². The summed E-state index contributed by atoms with van der Waals surface area (Å²) in [7, 11) is 1.66. The van der Waals surface area contributed by atoms with Gasteiger partial charge in [0, 0.05) is 23.9 Å². The number of nitrogens with one attached hydrogen (secondary N) is 1. The molecule has 2 aromatic rings. The fourth-order valence-corrected chi connectivity index (χ4v) is 1.84. The first-order valence-electron chi connectivity index (χ1n) is 6.53. The van der Waals surface area contributed by atoms with E-state index < -0.39 is 0 Å². The SMILES string of the molecule is CCNc1cc(CC)nc(-c2cccc(OC)c2)n1. The van der Waals surface area contributed by atoms with Crippen LogP contribution in [0.3, 0.4) is 0 Å². The third kappa shape index (κ3) is 3.22. The summed E-state index contributed by atoms with van der Waals surface area (Å²) < 4.78 is 5.24. The van der Waals surface area contributed by atoms with Crippen molar-refractivity contribution in [3.63, 3.8) is 0 Å². The summed E-state index contributed by atoms with van der Waals surface area (Å²) in [6.45, 7) is 4.99. The standard InChI is InChI=1S/C15H19N3O/c1-4-12-10-14(16-5-2)18-15(17-12)11-7-6-8-13(9-11)19-3/h6-10H,4-5H2,1-3H3,(H,16,17,18). The first kappa shape index (κ1) is 13.3. The van der Waals surface area contributed by atoms with Crippen LogP contribution >= 0.6 is 0 Å². The molecule has 0 atom stereocenters. The third-order valence-electron chi connectivity index (χ3n) is 2.83. The highest BCUT2D eigenvalue weighted by Crippen LogP contribution is 2.22. The predicted molar refractivity (Wildman–Crippen MR) is 77.6 cm³/mol. The number of hydrogen-bond acceptors (Lipinski definition) is 4. The molecule has 0 unspecified atom stereocenters. The first-order valence-corrected chi connectivity index (χ1v) is 6.53. The summed E-state index contributed by atoms with van der Waals surface area (Å²) in [4.78, 5) is 9.11. The molecule has 4 heteroatoms. The van der Waals surface area contributed by atoms with Gasteiger partial charge in [-0.1, -0.05) is 19.1 Å². The van der Waals surface area contributed by atoms with Crippen LogP contribution < -0.4 is 10.1 Å². The highest BCUT2D eigenvalue weighted by molar-refractivity contribution is 5.59. The maximum absolute atomic E-state index is 5.24. The topological polar surface area (TPSA) is 47.0 Å². The smallest absolute Gasteiger partial charge is 0.161 e. The largest absolute Gasteiger partial charge is 0.497 e. The van der Waals surface area contributed by atoms with Gasteiger partial charge in [-0.05, 0) is 25.5 Å². The van der Waals surface area contributed by atoms with Gasteiger partial charge in [0.15, 0.2) is 5.82 Å². The lowest BCUT2D eigenvalue weighted by atomic mass is 10.2. The van der Waals surface area contributed by atoms with Crippen molar-refractivity contribution < 1.29 is 4.74 Å². The van der Waals surface area contributed by atoms with E-state index >= 15 is 0 Å². The third-order valence-corrected chi connectivity index (χ3v) is 2.83. The van der Waals surface area contributed by atoms with Gasteiger partial charge in [-0.3, -0.25) is 0 Å². The quantitative estimate of drug-likeness (QED) is 0.893. The van der Waals surface area contributed by atoms with E-state index in [9.17, 15) is 0 Å². The second-order valence-corrected chi connectivity index (χ2v) is 4.18. The lowest BCUT2D eigenvalue weighted by Crippen LogP contribution is -2.03. The fraction of sp³-hybridized carbons (Fsp3) is 0.333. The number of anilines is 1. The molecule has 4 nitrogen and oxygen atoms in total. The Bertz CT molecular complexity index is 555. The Morgan fingerprint density at radius 2 is 2.00 bits per heavy atom. The average molecular weight is 257 g/mol. The van der Waals surface area contributed by atoms with Crippen molar-refractivity contribution in [1.82, 2.24) is 9.97 Å². The van der Waals surface area contributed by atoms with Gasteiger partial charge in [-0.15, -0.1) is 0 Å². The molecule has 0 radical (unpaired) electrons. The maximum atomic E-state index is 5.24. The zero-order valence-corrected chi connectivity index (χ0v) is 11.6. The van der Waals surface area contributed by atoms with Crippen LogP contribution in [0.2, 0.25) is 0 Å². The molecule has 0 aliphatic rings. The highest BCUT2D eigenvalue weighted by atomic mass is 16.5. The van der Waals surface area contributed by atoms with E-state index in [4.69, 9.17) is 4.74 Å². The van der Waals surface area contributed by atoms with Crippen LogP contribution in [0.25, 0.3) is 11.4 Å². The van der Waals surface area contributed by atoms with Crippen LogP contribution in [0.5, 0.6) is 5.75 Å². The lowest BCUT2D eigenvalue weighted by molar-refractivity contribution is 0.415. The summed E-state index contributed by atoms with van der Waals surface area (Å²) in [6.07, 6.45) is 0.887. The number of rotatable bonds is 5. The second-order valence-electron chi connectivity index (χ2n) is 4.18. The number of nitrogens with zero attached hydrogens (tertiary/aromatic N) is 2. The molecule has 1 heterocycles. The van der Waals surface area contributed by atoms with Crippen LogP contribution in [0.4, 0.5) is 5.82 Å². The number of benzene rings is 1. The molecule has 0 saturated carbocycles. The highest BCUT2D eigenvalue weighted by Gasteiger charge is 2.06. The summed E-state index contributed by atoms with van der Waals surface area (Å²) in [5, 5.41) is 3.24. The molecule has 0 saturated heterocycles. The predicted octanol–water partition coefficient (Wildman–Crippen LogP) is 3.15. The van der Waals surface area contributed by atoms with Gasteiger partial charge in [0.05, 0.1) is 7.11 Å². The lowest BCUT2D eigenvalue weighted by Gasteiger charge is -2.09. The zero-order valence-electron chi connectivity index (χ0n) is 11.6. The summed E-state index contributed by atoms with van der Waals surface area (Å²) in [5.74, 6) is 2.41. The van der Waals surface area contributed by atoms with Gasteiger partial charge in [0.1, 0.15) is 11.6 Å².